The van der Waals surface area contributed by atoms with Crippen molar-refractivity contribution in [3.8, 4) is 6.07 Å². The van der Waals surface area contributed by atoms with Crippen LogP contribution in [0.25, 0.3) is 5.57 Å². The maximum absolute atomic E-state index is 13.1. The highest BCUT2D eigenvalue weighted by Crippen LogP contribution is 2.43. The van der Waals surface area contributed by atoms with Gasteiger partial charge in [0, 0.05) is 11.1 Å². The molecule has 0 spiro atoms. The van der Waals surface area contributed by atoms with Crippen LogP contribution < -0.4 is 5.32 Å². The first-order chi connectivity index (χ1) is 11.8. The summed E-state index contributed by atoms with van der Waals surface area (Å²) >= 11 is 1.16. The Bertz CT molecular complexity index is 924. The molecule has 1 aromatic heterocycles. The van der Waals surface area contributed by atoms with Crippen LogP contribution in [-0.2, 0) is 6.18 Å². The predicted molar refractivity (Wildman–Crippen MR) is 82.4 cm³/mol. The minimum Gasteiger partial charge on any atom is -0.478 e. The number of alkyl halides is 3. The van der Waals surface area contributed by atoms with Crippen LogP contribution in [0.4, 0.5) is 18.9 Å². The Hall–Kier alpha value is -3.06. The molecule has 25 heavy (non-hydrogen) atoms. The smallest absolute Gasteiger partial charge is 0.434 e. The summed E-state index contributed by atoms with van der Waals surface area (Å²) in [4.78, 5) is 18.7. The number of hydrogen-bond donors (Lipinski definition) is 2. The number of benzene rings is 1. The van der Waals surface area contributed by atoms with Crippen molar-refractivity contribution in [1.82, 2.24) is 9.97 Å². The summed E-state index contributed by atoms with van der Waals surface area (Å²) in [6, 6.07) is 8.86. The molecule has 126 valence electrons. The van der Waals surface area contributed by atoms with E-state index in [1.807, 2.05) is 0 Å². The molecule has 0 saturated carbocycles. The van der Waals surface area contributed by atoms with E-state index in [1.54, 1.807) is 30.3 Å². The first-order valence-electron chi connectivity index (χ1n) is 6.67. The summed E-state index contributed by atoms with van der Waals surface area (Å²) in [7, 11) is 0. The van der Waals surface area contributed by atoms with Crippen molar-refractivity contribution in [2.24, 2.45) is 0 Å². The van der Waals surface area contributed by atoms with Gasteiger partial charge in [-0.3, -0.25) is 0 Å². The molecule has 0 aliphatic carbocycles. The lowest BCUT2D eigenvalue weighted by molar-refractivity contribution is -0.141. The minimum absolute atomic E-state index is 0.205. The Morgan fingerprint density at radius 3 is 2.64 bits per heavy atom. The molecule has 0 bridgehead atoms. The van der Waals surface area contributed by atoms with E-state index in [2.05, 4.69) is 15.3 Å². The summed E-state index contributed by atoms with van der Waals surface area (Å²) < 4.78 is 39.2. The van der Waals surface area contributed by atoms with Crippen molar-refractivity contribution in [2.45, 2.75) is 11.1 Å². The number of nitrogens with one attached hydrogen (secondary N) is 1. The minimum atomic E-state index is -4.99. The standard InChI is InChI=1S/C15H7F3N4O2S/c16-15(17,18)11-8(14(23)24)6-20-12(22-11)7(5-19)13-21-9-3-1-2-4-10(9)25-13/h1-4,6,21H,(H,23,24). The molecule has 0 amide bonds. The first kappa shape index (κ1) is 16.8. The second-order valence-electron chi connectivity index (χ2n) is 4.80. The molecule has 0 atom stereocenters. The van der Waals surface area contributed by atoms with Crippen LogP contribution in [0.3, 0.4) is 0 Å². The van der Waals surface area contributed by atoms with Gasteiger partial charge in [0.1, 0.15) is 17.2 Å². The average Bonchev–Trinajstić information content (AvgIpc) is 2.98. The van der Waals surface area contributed by atoms with Crippen molar-refractivity contribution < 1.29 is 23.1 Å². The molecule has 2 N–H and O–H groups in total. The van der Waals surface area contributed by atoms with E-state index in [-0.39, 0.29) is 10.6 Å². The normalized spacial score (nSPS) is 15.1. The zero-order valence-electron chi connectivity index (χ0n) is 12.1. The number of para-hydroxylation sites is 1. The number of nitrogens with zero attached hydrogens (tertiary/aromatic N) is 3. The number of aromatic carboxylic acids is 1. The van der Waals surface area contributed by atoms with Crippen molar-refractivity contribution in [1.29, 1.82) is 5.26 Å². The van der Waals surface area contributed by atoms with Crippen molar-refractivity contribution in [3.05, 3.63) is 52.6 Å². The monoisotopic (exact) mass is 364 g/mol. The molecule has 6 nitrogen and oxygen atoms in total. The SMILES string of the molecule is N#CC(=C1Nc2ccccc2S1)c1ncc(C(=O)O)c(C(F)(F)F)n1. The van der Waals surface area contributed by atoms with Crippen LogP contribution in [0.2, 0.25) is 0 Å². The number of allylic oxidation sites excluding steroid dienone is 1. The van der Waals surface area contributed by atoms with Gasteiger partial charge in [0.05, 0.1) is 10.7 Å². The molecule has 1 aliphatic rings. The quantitative estimate of drug-likeness (QED) is 0.786. The highest BCUT2D eigenvalue weighted by molar-refractivity contribution is 8.04. The van der Waals surface area contributed by atoms with Gasteiger partial charge in [0.15, 0.2) is 11.5 Å². The Kier molecular flexibility index (Phi) is 4.10. The maximum Gasteiger partial charge on any atom is 0.434 e. The Morgan fingerprint density at radius 1 is 1.32 bits per heavy atom. The van der Waals surface area contributed by atoms with Gasteiger partial charge in [0.2, 0.25) is 0 Å². The molecule has 0 saturated heterocycles. The number of halogens is 3. The number of carbonyl (C=O) groups is 1. The highest BCUT2D eigenvalue weighted by atomic mass is 32.2. The zero-order chi connectivity index (χ0) is 18.2. The molecule has 0 unspecified atom stereocenters. The largest absolute Gasteiger partial charge is 0.478 e. The number of aromatic nitrogens is 2. The average molecular weight is 364 g/mol. The van der Waals surface area contributed by atoms with Crippen LogP contribution in [0.5, 0.6) is 0 Å². The number of thioether (sulfide) groups is 1. The summed E-state index contributed by atoms with van der Waals surface area (Å²) in [5, 5.41) is 21.4. The third-order valence-electron chi connectivity index (χ3n) is 3.20. The number of rotatable bonds is 2. The van der Waals surface area contributed by atoms with E-state index >= 15 is 0 Å². The summed E-state index contributed by atoms with van der Waals surface area (Å²) in [5.41, 5.74) is -2.18. The van der Waals surface area contributed by atoms with Crippen molar-refractivity contribution in [3.63, 3.8) is 0 Å². The van der Waals surface area contributed by atoms with Crippen LogP contribution in [0.1, 0.15) is 21.9 Å². The lowest BCUT2D eigenvalue weighted by Gasteiger charge is -2.10. The van der Waals surface area contributed by atoms with Gasteiger partial charge in [-0.2, -0.15) is 18.4 Å². The van der Waals surface area contributed by atoms with Crippen molar-refractivity contribution in [2.75, 3.05) is 5.32 Å². The van der Waals surface area contributed by atoms with E-state index < -0.39 is 29.2 Å². The van der Waals surface area contributed by atoms with Crippen LogP contribution >= 0.6 is 11.8 Å². The Morgan fingerprint density at radius 2 is 2.04 bits per heavy atom. The zero-order valence-corrected chi connectivity index (χ0v) is 12.9. The highest BCUT2D eigenvalue weighted by Gasteiger charge is 2.38. The molecule has 0 fully saturated rings. The molecule has 1 aromatic carbocycles. The van der Waals surface area contributed by atoms with Crippen LogP contribution in [-0.4, -0.2) is 21.0 Å². The summed E-state index contributed by atoms with van der Waals surface area (Å²) in [5.74, 6) is -2.30. The molecule has 2 heterocycles. The van der Waals surface area contributed by atoms with E-state index in [9.17, 15) is 23.2 Å². The molecule has 2 aromatic rings. The number of carboxylic acids is 1. The molecule has 0 radical (unpaired) electrons. The van der Waals surface area contributed by atoms with Crippen molar-refractivity contribution >= 4 is 29.0 Å². The molecule has 10 heteroatoms. The van der Waals surface area contributed by atoms with Gasteiger partial charge in [-0.05, 0) is 12.1 Å². The summed E-state index contributed by atoms with van der Waals surface area (Å²) in [6.07, 6.45) is -4.44. The number of nitriles is 1. The second-order valence-corrected chi connectivity index (χ2v) is 5.85. The van der Waals surface area contributed by atoms with E-state index in [0.717, 1.165) is 16.7 Å². The van der Waals surface area contributed by atoms with Gasteiger partial charge in [-0.1, -0.05) is 23.9 Å². The maximum atomic E-state index is 13.1. The van der Waals surface area contributed by atoms with E-state index in [0.29, 0.717) is 11.9 Å². The number of carboxylic acid groups (broad SMARTS) is 1. The van der Waals surface area contributed by atoms with Gasteiger partial charge >= 0.3 is 12.1 Å². The molecule has 1 aliphatic heterocycles. The lowest BCUT2D eigenvalue weighted by Crippen LogP contribution is -2.17. The topological polar surface area (TPSA) is 98.9 Å². The first-order valence-corrected chi connectivity index (χ1v) is 7.49. The van der Waals surface area contributed by atoms with E-state index in [1.165, 1.54) is 0 Å². The fourth-order valence-electron chi connectivity index (χ4n) is 2.11. The molecule has 3 rings (SSSR count). The van der Waals surface area contributed by atoms with Gasteiger partial charge in [-0.15, -0.1) is 0 Å². The predicted octanol–water partition coefficient (Wildman–Crippen LogP) is 3.60. The second kappa shape index (κ2) is 6.10. The van der Waals surface area contributed by atoms with Crippen LogP contribution in [0.15, 0.2) is 40.4 Å². The molecular weight excluding hydrogens is 357 g/mol. The lowest BCUT2D eigenvalue weighted by atomic mass is 10.2. The van der Waals surface area contributed by atoms with Gasteiger partial charge in [-0.25, -0.2) is 14.8 Å². The fraction of sp³-hybridized carbons (Fsp3) is 0.0667. The number of anilines is 1. The van der Waals surface area contributed by atoms with Gasteiger partial charge in [0.25, 0.3) is 0 Å². The fourth-order valence-corrected chi connectivity index (χ4v) is 3.10. The Balaban J connectivity index is 2.11. The number of hydrogen-bond acceptors (Lipinski definition) is 6. The molecular formula is C15H7F3N4O2S. The van der Waals surface area contributed by atoms with Gasteiger partial charge < -0.3 is 10.4 Å². The van der Waals surface area contributed by atoms with E-state index in [4.69, 9.17) is 5.11 Å². The number of fused-ring (bicyclic) bond motifs is 1. The summed E-state index contributed by atoms with van der Waals surface area (Å²) in [6.45, 7) is 0. The van der Waals surface area contributed by atoms with Crippen LogP contribution in [0, 0.1) is 11.3 Å². The third kappa shape index (κ3) is 3.14. The third-order valence-corrected chi connectivity index (χ3v) is 4.28. The Labute approximate surface area is 143 Å².